The third-order valence-corrected chi connectivity index (χ3v) is 6.34. The van der Waals surface area contributed by atoms with Crippen molar-refractivity contribution in [2.45, 2.75) is 20.5 Å². The van der Waals surface area contributed by atoms with Crippen molar-refractivity contribution in [2.75, 3.05) is 5.32 Å². The highest BCUT2D eigenvalue weighted by atomic mass is 79.9. The molecule has 0 aromatic heterocycles. The van der Waals surface area contributed by atoms with Crippen LogP contribution in [0.5, 0.6) is 5.75 Å². The normalized spacial score (nSPS) is 11.1. The molecule has 0 radical (unpaired) electrons. The summed E-state index contributed by atoms with van der Waals surface area (Å²) in [4.78, 5) is 12.7. The number of rotatable bonds is 6. The van der Waals surface area contributed by atoms with Crippen molar-refractivity contribution in [3.05, 3.63) is 95.8 Å². The van der Waals surface area contributed by atoms with E-state index in [-0.39, 0.29) is 5.57 Å². The molecule has 0 heterocycles. The Morgan fingerprint density at radius 3 is 2.31 bits per heavy atom. The third kappa shape index (κ3) is 6.32. The van der Waals surface area contributed by atoms with Crippen molar-refractivity contribution in [2.24, 2.45) is 0 Å². The van der Waals surface area contributed by atoms with Gasteiger partial charge >= 0.3 is 0 Å². The van der Waals surface area contributed by atoms with Gasteiger partial charge in [-0.2, -0.15) is 5.26 Å². The number of anilines is 1. The van der Waals surface area contributed by atoms with E-state index in [9.17, 15) is 10.1 Å². The molecule has 0 fully saturated rings. The van der Waals surface area contributed by atoms with Crippen LogP contribution < -0.4 is 10.1 Å². The highest BCUT2D eigenvalue weighted by Crippen LogP contribution is 2.36. The fourth-order valence-corrected chi connectivity index (χ4v) is 4.63. The molecule has 0 aliphatic heterocycles. The molecule has 0 aliphatic carbocycles. The van der Waals surface area contributed by atoms with E-state index in [2.05, 4.69) is 53.1 Å². The highest BCUT2D eigenvalue weighted by Gasteiger charge is 2.14. The van der Waals surface area contributed by atoms with Gasteiger partial charge < -0.3 is 10.1 Å². The smallest absolute Gasteiger partial charge is 0.266 e. The molecule has 4 nitrogen and oxygen atoms in total. The Bertz CT molecular complexity index is 1210. The first-order chi connectivity index (χ1) is 15.3. The summed E-state index contributed by atoms with van der Waals surface area (Å²) >= 11 is 10.5. The fraction of sp³-hybridized carbons (Fsp3) is 0.120. The number of hydrogen-bond acceptors (Lipinski definition) is 3. The van der Waals surface area contributed by atoms with Gasteiger partial charge in [0.2, 0.25) is 0 Å². The van der Waals surface area contributed by atoms with Gasteiger partial charge in [0, 0.05) is 10.2 Å². The predicted octanol–water partition coefficient (Wildman–Crippen LogP) is 7.72. The second kappa shape index (κ2) is 11.0. The zero-order chi connectivity index (χ0) is 23.3. The Balaban J connectivity index is 1.78. The molecular formula is C25H19Br3N2O2. The summed E-state index contributed by atoms with van der Waals surface area (Å²) in [6.07, 6.45) is 1.55. The van der Waals surface area contributed by atoms with Crippen LogP contribution in [0.25, 0.3) is 6.08 Å². The van der Waals surface area contributed by atoms with Crippen LogP contribution in [-0.2, 0) is 11.4 Å². The molecule has 0 saturated carbocycles. The Morgan fingerprint density at radius 1 is 1.03 bits per heavy atom. The minimum atomic E-state index is -0.455. The number of halogens is 3. The lowest BCUT2D eigenvalue weighted by Gasteiger charge is -2.12. The Morgan fingerprint density at radius 2 is 1.69 bits per heavy atom. The molecule has 162 valence electrons. The van der Waals surface area contributed by atoms with E-state index in [1.54, 1.807) is 6.08 Å². The molecule has 3 aromatic rings. The van der Waals surface area contributed by atoms with Crippen molar-refractivity contribution in [3.63, 3.8) is 0 Å². The van der Waals surface area contributed by atoms with Crippen LogP contribution in [0.3, 0.4) is 0 Å². The Kier molecular flexibility index (Phi) is 8.30. The van der Waals surface area contributed by atoms with E-state index < -0.39 is 5.91 Å². The lowest BCUT2D eigenvalue weighted by Crippen LogP contribution is -2.14. The minimum absolute atomic E-state index is 0.00763. The van der Waals surface area contributed by atoms with Gasteiger partial charge in [0.15, 0.2) is 0 Å². The number of nitrogens with zero attached hydrogens (tertiary/aromatic N) is 1. The number of nitrogens with one attached hydrogen (secondary N) is 1. The topological polar surface area (TPSA) is 62.1 Å². The quantitative estimate of drug-likeness (QED) is 0.227. The molecule has 0 unspecified atom stereocenters. The number of carbonyl (C=O) groups excluding carboxylic acids is 1. The average molecular weight is 619 g/mol. The van der Waals surface area contributed by atoms with Crippen molar-refractivity contribution in [1.82, 2.24) is 0 Å². The number of aryl methyl sites for hydroxylation is 2. The summed E-state index contributed by atoms with van der Waals surface area (Å²) in [6.45, 7) is 4.26. The molecule has 0 bridgehead atoms. The molecule has 0 aliphatic rings. The van der Waals surface area contributed by atoms with Crippen LogP contribution in [0.15, 0.2) is 73.6 Å². The number of hydrogen-bond donors (Lipinski definition) is 1. The SMILES string of the molecule is Cc1ccc(C)c(NC(=O)/C(C#N)=C/c2cc(Br)c(OCc3ccc(Br)cc3)c(Br)c2)c1. The largest absolute Gasteiger partial charge is 0.487 e. The van der Waals surface area contributed by atoms with Crippen molar-refractivity contribution in [1.29, 1.82) is 5.26 Å². The molecule has 32 heavy (non-hydrogen) atoms. The second-order valence-electron chi connectivity index (χ2n) is 7.17. The van der Waals surface area contributed by atoms with Gasteiger partial charge in [0.25, 0.3) is 5.91 Å². The van der Waals surface area contributed by atoms with E-state index in [1.807, 2.05) is 74.5 Å². The summed E-state index contributed by atoms with van der Waals surface area (Å²) in [5.41, 5.74) is 4.38. The average Bonchev–Trinajstić information content (AvgIpc) is 2.75. The van der Waals surface area contributed by atoms with Gasteiger partial charge in [-0.1, -0.05) is 40.2 Å². The molecular weight excluding hydrogens is 600 g/mol. The maximum Gasteiger partial charge on any atom is 0.266 e. The maximum absolute atomic E-state index is 12.7. The van der Waals surface area contributed by atoms with Gasteiger partial charge in [0.05, 0.1) is 8.95 Å². The molecule has 3 rings (SSSR count). The molecule has 3 aromatic carbocycles. The van der Waals surface area contributed by atoms with Gasteiger partial charge in [-0.15, -0.1) is 0 Å². The highest BCUT2D eigenvalue weighted by molar-refractivity contribution is 9.11. The van der Waals surface area contributed by atoms with E-state index >= 15 is 0 Å². The summed E-state index contributed by atoms with van der Waals surface area (Å²) in [5, 5.41) is 12.4. The van der Waals surface area contributed by atoms with Crippen LogP contribution in [0.1, 0.15) is 22.3 Å². The Labute approximate surface area is 212 Å². The molecule has 0 atom stereocenters. The van der Waals surface area contributed by atoms with Gasteiger partial charge in [-0.3, -0.25) is 4.79 Å². The van der Waals surface area contributed by atoms with Crippen LogP contribution >= 0.6 is 47.8 Å². The third-order valence-electron chi connectivity index (χ3n) is 4.63. The summed E-state index contributed by atoms with van der Waals surface area (Å²) in [6, 6.07) is 19.3. The van der Waals surface area contributed by atoms with Gasteiger partial charge in [-0.25, -0.2) is 0 Å². The lowest BCUT2D eigenvalue weighted by molar-refractivity contribution is -0.112. The number of amides is 1. The first-order valence-electron chi connectivity index (χ1n) is 9.63. The second-order valence-corrected chi connectivity index (χ2v) is 9.80. The zero-order valence-corrected chi connectivity index (χ0v) is 22.1. The first kappa shape index (κ1) is 24.2. The van der Waals surface area contributed by atoms with E-state index in [0.717, 1.165) is 21.2 Å². The van der Waals surface area contributed by atoms with E-state index in [1.165, 1.54) is 0 Å². The van der Waals surface area contributed by atoms with Gasteiger partial charge in [-0.05, 0) is 104 Å². The van der Waals surface area contributed by atoms with Crippen LogP contribution in [0.2, 0.25) is 0 Å². The van der Waals surface area contributed by atoms with Crippen molar-refractivity contribution >= 4 is 65.5 Å². The number of carbonyl (C=O) groups is 1. The number of ether oxygens (including phenoxy) is 1. The summed E-state index contributed by atoms with van der Waals surface area (Å²) in [7, 11) is 0. The Hall–Kier alpha value is -2.40. The van der Waals surface area contributed by atoms with E-state index in [0.29, 0.717) is 32.6 Å². The summed E-state index contributed by atoms with van der Waals surface area (Å²) in [5.74, 6) is 0.187. The molecule has 1 N–H and O–H groups in total. The van der Waals surface area contributed by atoms with Crippen LogP contribution in [0, 0.1) is 25.2 Å². The van der Waals surface area contributed by atoms with Crippen LogP contribution in [-0.4, -0.2) is 5.91 Å². The molecule has 1 amide bonds. The first-order valence-corrected chi connectivity index (χ1v) is 12.0. The maximum atomic E-state index is 12.7. The van der Waals surface area contributed by atoms with Crippen molar-refractivity contribution in [3.8, 4) is 11.8 Å². The van der Waals surface area contributed by atoms with Gasteiger partial charge in [0.1, 0.15) is 24.0 Å². The minimum Gasteiger partial charge on any atom is -0.487 e. The predicted molar refractivity (Wildman–Crippen MR) is 138 cm³/mol. The van der Waals surface area contributed by atoms with Crippen LogP contribution in [0.4, 0.5) is 5.69 Å². The molecule has 0 saturated heterocycles. The number of benzene rings is 3. The fourth-order valence-electron chi connectivity index (χ4n) is 2.91. The number of nitriles is 1. The zero-order valence-electron chi connectivity index (χ0n) is 17.4. The standard InChI is InChI=1S/C25H19Br3N2O2/c1-15-3-4-16(2)23(9-15)30-25(31)19(13-29)10-18-11-21(27)24(22(28)12-18)32-14-17-5-7-20(26)8-6-17/h3-12H,14H2,1-2H3,(H,30,31)/b19-10+. The van der Waals surface area contributed by atoms with Crippen molar-refractivity contribution < 1.29 is 9.53 Å². The van der Waals surface area contributed by atoms with E-state index in [4.69, 9.17) is 4.74 Å². The lowest BCUT2D eigenvalue weighted by atomic mass is 10.1. The summed E-state index contributed by atoms with van der Waals surface area (Å²) < 4.78 is 8.39. The molecule has 0 spiro atoms. The monoisotopic (exact) mass is 616 g/mol. The molecule has 7 heteroatoms.